The summed E-state index contributed by atoms with van der Waals surface area (Å²) in [6.07, 6.45) is 1.86. The number of hydrogen-bond donors (Lipinski definition) is 1. The molecule has 1 amide bonds. The smallest absolute Gasteiger partial charge is 0.251 e. The Labute approximate surface area is 132 Å². The van der Waals surface area contributed by atoms with Gasteiger partial charge in [0.1, 0.15) is 5.75 Å². The van der Waals surface area contributed by atoms with Crippen LogP contribution < -0.4 is 10.1 Å². The van der Waals surface area contributed by atoms with Crippen LogP contribution in [0.5, 0.6) is 5.75 Å². The van der Waals surface area contributed by atoms with Crippen LogP contribution in [0.2, 0.25) is 0 Å². The monoisotopic (exact) mass is 297 g/mol. The lowest BCUT2D eigenvalue weighted by Gasteiger charge is -2.08. The fourth-order valence-electron chi connectivity index (χ4n) is 2.27. The highest BCUT2D eigenvalue weighted by atomic mass is 16.5. The summed E-state index contributed by atoms with van der Waals surface area (Å²) in [5, 5.41) is 2.97. The summed E-state index contributed by atoms with van der Waals surface area (Å²) < 4.78 is 5.14. The molecule has 2 aromatic carbocycles. The lowest BCUT2D eigenvalue weighted by Crippen LogP contribution is -2.24. The van der Waals surface area contributed by atoms with Crippen molar-refractivity contribution in [3.63, 3.8) is 0 Å². The molecule has 0 aliphatic rings. The van der Waals surface area contributed by atoms with E-state index in [9.17, 15) is 4.79 Å². The number of carbonyl (C=O) groups is 1. The second-order valence-electron chi connectivity index (χ2n) is 5.51. The van der Waals surface area contributed by atoms with Gasteiger partial charge in [-0.25, -0.2) is 0 Å². The highest BCUT2D eigenvalue weighted by molar-refractivity contribution is 5.94. The van der Waals surface area contributed by atoms with Gasteiger partial charge in [-0.05, 0) is 67.6 Å². The first-order valence-electron chi connectivity index (χ1n) is 7.58. The molecule has 0 atom stereocenters. The van der Waals surface area contributed by atoms with E-state index in [2.05, 4.69) is 17.4 Å². The molecule has 2 rings (SSSR count). The van der Waals surface area contributed by atoms with Crippen molar-refractivity contribution in [3.8, 4) is 5.75 Å². The van der Waals surface area contributed by atoms with Gasteiger partial charge >= 0.3 is 0 Å². The van der Waals surface area contributed by atoms with Gasteiger partial charge in [-0.2, -0.15) is 0 Å². The Bertz CT molecular complexity index is 632. The first kappa shape index (κ1) is 16.1. The average molecular weight is 297 g/mol. The second-order valence-corrected chi connectivity index (χ2v) is 5.51. The van der Waals surface area contributed by atoms with Crippen LogP contribution in [-0.4, -0.2) is 19.6 Å². The summed E-state index contributed by atoms with van der Waals surface area (Å²) in [4.78, 5) is 12.1. The van der Waals surface area contributed by atoms with E-state index < -0.39 is 0 Å². The zero-order valence-corrected chi connectivity index (χ0v) is 13.5. The predicted molar refractivity (Wildman–Crippen MR) is 89.6 cm³/mol. The Balaban J connectivity index is 1.77. The maximum atomic E-state index is 12.1. The van der Waals surface area contributed by atoms with E-state index in [0.717, 1.165) is 29.7 Å². The highest BCUT2D eigenvalue weighted by Gasteiger charge is 2.05. The molecule has 0 aliphatic carbocycles. The van der Waals surface area contributed by atoms with Crippen LogP contribution in [0.15, 0.2) is 42.5 Å². The van der Waals surface area contributed by atoms with E-state index in [4.69, 9.17) is 4.74 Å². The van der Waals surface area contributed by atoms with Crippen LogP contribution in [0.25, 0.3) is 0 Å². The number of aryl methyl sites for hydroxylation is 3. The fraction of sp³-hybridized carbons (Fsp3) is 0.316. The SMILES string of the molecule is COc1ccc(CCCNC(=O)c2ccc(C)c(C)c2)cc1. The van der Waals surface area contributed by atoms with E-state index >= 15 is 0 Å². The van der Waals surface area contributed by atoms with Gasteiger partial charge in [0.25, 0.3) is 5.91 Å². The molecule has 22 heavy (non-hydrogen) atoms. The summed E-state index contributed by atoms with van der Waals surface area (Å²) in [6, 6.07) is 13.8. The molecule has 0 saturated carbocycles. The molecule has 0 radical (unpaired) electrons. The molecule has 0 spiro atoms. The third-order valence-electron chi connectivity index (χ3n) is 3.86. The van der Waals surface area contributed by atoms with Crippen molar-refractivity contribution in [1.29, 1.82) is 0 Å². The zero-order valence-electron chi connectivity index (χ0n) is 13.5. The van der Waals surface area contributed by atoms with Gasteiger partial charge in [-0.15, -0.1) is 0 Å². The number of amides is 1. The van der Waals surface area contributed by atoms with E-state index in [-0.39, 0.29) is 5.91 Å². The lowest BCUT2D eigenvalue weighted by atomic mass is 10.1. The Morgan fingerprint density at radius 3 is 2.41 bits per heavy atom. The molecule has 0 fully saturated rings. The van der Waals surface area contributed by atoms with Crippen LogP contribution in [-0.2, 0) is 6.42 Å². The molecule has 0 saturated heterocycles. The number of ether oxygens (including phenoxy) is 1. The molecule has 3 nitrogen and oxygen atoms in total. The molecule has 1 N–H and O–H groups in total. The minimum Gasteiger partial charge on any atom is -0.497 e. The topological polar surface area (TPSA) is 38.3 Å². The minimum absolute atomic E-state index is 0.00201. The van der Waals surface area contributed by atoms with Gasteiger partial charge < -0.3 is 10.1 Å². The predicted octanol–water partition coefficient (Wildman–Crippen LogP) is 3.67. The van der Waals surface area contributed by atoms with Crippen molar-refractivity contribution in [2.45, 2.75) is 26.7 Å². The van der Waals surface area contributed by atoms with Crippen LogP contribution in [0.3, 0.4) is 0 Å². The van der Waals surface area contributed by atoms with Gasteiger partial charge in [0.2, 0.25) is 0 Å². The summed E-state index contributed by atoms with van der Waals surface area (Å²) >= 11 is 0. The number of benzene rings is 2. The number of hydrogen-bond acceptors (Lipinski definition) is 2. The summed E-state index contributed by atoms with van der Waals surface area (Å²) in [5.74, 6) is 0.865. The summed E-state index contributed by atoms with van der Waals surface area (Å²) in [5.41, 5.74) is 4.33. The van der Waals surface area contributed by atoms with Gasteiger partial charge in [0, 0.05) is 12.1 Å². The van der Waals surface area contributed by atoms with E-state index in [0.29, 0.717) is 6.54 Å². The van der Waals surface area contributed by atoms with Crippen molar-refractivity contribution in [2.24, 2.45) is 0 Å². The highest BCUT2D eigenvalue weighted by Crippen LogP contribution is 2.12. The van der Waals surface area contributed by atoms with E-state index in [1.54, 1.807) is 7.11 Å². The molecule has 0 bridgehead atoms. The van der Waals surface area contributed by atoms with Crippen LogP contribution in [0, 0.1) is 13.8 Å². The fourth-order valence-corrected chi connectivity index (χ4v) is 2.27. The number of nitrogens with one attached hydrogen (secondary N) is 1. The largest absolute Gasteiger partial charge is 0.497 e. The first-order valence-corrected chi connectivity index (χ1v) is 7.58. The molecular weight excluding hydrogens is 274 g/mol. The summed E-state index contributed by atoms with van der Waals surface area (Å²) in [7, 11) is 1.66. The van der Waals surface area contributed by atoms with E-state index in [1.807, 2.05) is 44.2 Å². The maximum Gasteiger partial charge on any atom is 0.251 e. The normalized spacial score (nSPS) is 10.3. The number of rotatable bonds is 6. The Kier molecular flexibility index (Phi) is 5.59. The molecule has 116 valence electrons. The van der Waals surface area contributed by atoms with Crippen LogP contribution in [0.4, 0.5) is 0 Å². The quantitative estimate of drug-likeness (QED) is 0.826. The lowest BCUT2D eigenvalue weighted by molar-refractivity contribution is 0.0953. The Morgan fingerprint density at radius 1 is 1.05 bits per heavy atom. The van der Waals surface area contributed by atoms with Crippen LogP contribution >= 0.6 is 0 Å². The molecule has 2 aromatic rings. The number of carbonyl (C=O) groups excluding carboxylic acids is 1. The zero-order chi connectivity index (χ0) is 15.9. The summed E-state index contributed by atoms with van der Waals surface area (Å²) in [6.45, 7) is 4.75. The molecule has 0 aliphatic heterocycles. The van der Waals surface area contributed by atoms with Crippen molar-refractivity contribution in [2.75, 3.05) is 13.7 Å². The third-order valence-corrected chi connectivity index (χ3v) is 3.86. The van der Waals surface area contributed by atoms with Gasteiger partial charge in [0.05, 0.1) is 7.11 Å². The first-order chi connectivity index (χ1) is 10.6. The molecule has 0 unspecified atom stereocenters. The maximum absolute atomic E-state index is 12.1. The standard InChI is InChI=1S/C19H23NO2/c1-14-6-9-17(13-15(14)2)19(21)20-12-4-5-16-7-10-18(22-3)11-8-16/h6-11,13H,4-5,12H2,1-3H3,(H,20,21). The molecule has 0 heterocycles. The minimum atomic E-state index is -0.00201. The van der Waals surface area contributed by atoms with Crippen molar-refractivity contribution < 1.29 is 9.53 Å². The van der Waals surface area contributed by atoms with Gasteiger partial charge in [0.15, 0.2) is 0 Å². The molecule has 3 heteroatoms. The van der Waals surface area contributed by atoms with Crippen molar-refractivity contribution >= 4 is 5.91 Å². The second kappa shape index (κ2) is 7.64. The molecule has 0 aromatic heterocycles. The van der Waals surface area contributed by atoms with E-state index in [1.165, 1.54) is 11.1 Å². The van der Waals surface area contributed by atoms with Gasteiger partial charge in [-0.3, -0.25) is 4.79 Å². The third kappa shape index (κ3) is 4.35. The van der Waals surface area contributed by atoms with Crippen LogP contribution in [0.1, 0.15) is 33.5 Å². The number of methoxy groups -OCH3 is 1. The van der Waals surface area contributed by atoms with Crippen molar-refractivity contribution in [3.05, 3.63) is 64.7 Å². The average Bonchev–Trinajstić information content (AvgIpc) is 2.54. The van der Waals surface area contributed by atoms with Gasteiger partial charge in [-0.1, -0.05) is 18.2 Å². The molecular formula is C19H23NO2. The Hall–Kier alpha value is -2.29. The van der Waals surface area contributed by atoms with Crippen molar-refractivity contribution in [1.82, 2.24) is 5.32 Å². The Morgan fingerprint density at radius 2 is 1.77 bits per heavy atom.